The number of nitrogens with one attached hydrogen (secondary N) is 1. The van der Waals surface area contributed by atoms with Gasteiger partial charge in [0.15, 0.2) is 0 Å². The van der Waals surface area contributed by atoms with Crippen molar-refractivity contribution >= 4 is 15.9 Å². The molecule has 1 fully saturated rings. The topological polar surface area (TPSA) is 66.5 Å². The molecule has 0 saturated carbocycles. The Morgan fingerprint density at radius 3 is 2.59 bits per heavy atom. The van der Waals surface area contributed by atoms with Gasteiger partial charge >= 0.3 is 0 Å². The molecule has 1 amide bonds. The summed E-state index contributed by atoms with van der Waals surface area (Å²) in [5.74, 6) is -1.06. The minimum Gasteiger partial charge on any atom is -0.352 e. The standard InChI is InChI=1S/C20H23FN2O3S/c1-15-8-10-18(11-9-15)27(25,26)23-12-4-6-17(14-23)20(24)22-13-16-5-2-3-7-19(16)21/h2-3,5,7-11,17H,4,6,12-14H2,1H3,(H,22,24)/t17-/m1/s1. The molecule has 3 rings (SSSR count). The quantitative estimate of drug-likeness (QED) is 0.854. The average molecular weight is 390 g/mol. The Morgan fingerprint density at radius 2 is 1.89 bits per heavy atom. The maximum Gasteiger partial charge on any atom is 0.243 e. The zero-order chi connectivity index (χ0) is 19.4. The molecular weight excluding hydrogens is 367 g/mol. The van der Waals surface area contributed by atoms with E-state index in [1.54, 1.807) is 42.5 Å². The minimum atomic E-state index is -3.63. The number of carbonyl (C=O) groups excluding carboxylic acids is 1. The highest BCUT2D eigenvalue weighted by molar-refractivity contribution is 7.89. The van der Waals surface area contributed by atoms with Gasteiger partial charge in [-0.15, -0.1) is 0 Å². The molecule has 5 nitrogen and oxygen atoms in total. The van der Waals surface area contributed by atoms with Gasteiger partial charge in [0.1, 0.15) is 5.82 Å². The third-order valence-electron chi connectivity index (χ3n) is 4.82. The second kappa shape index (κ2) is 8.19. The molecule has 1 aliphatic heterocycles. The maximum atomic E-state index is 13.7. The molecule has 0 spiro atoms. The van der Waals surface area contributed by atoms with Crippen LogP contribution in [0.2, 0.25) is 0 Å². The van der Waals surface area contributed by atoms with E-state index in [0.29, 0.717) is 24.9 Å². The molecule has 0 unspecified atom stereocenters. The Morgan fingerprint density at radius 1 is 1.19 bits per heavy atom. The largest absolute Gasteiger partial charge is 0.352 e. The smallest absolute Gasteiger partial charge is 0.243 e. The van der Waals surface area contributed by atoms with Crippen LogP contribution in [-0.2, 0) is 21.4 Å². The number of carbonyl (C=O) groups is 1. The van der Waals surface area contributed by atoms with Gasteiger partial charge in [-0.2, -0.15) is 4.31 Å². The Bertz CT molecular complexity index is 913. The summed E-state index contributed by atoms with van der Waals surface area (Å²) >= 11 is 0. The van der Waals surface area contributed by atoms with E-state index in [2.05, 4.69) is 5.32 Å². The fraction of sp³-hybridized carbons (Fsp3) is 0.350. The maximum absolute atomic E-state index is 13.7. The predicted octanol–water partition coefficient (Wildman–Crippen LogP) is 2.85. The summed E-state index contributed by atoms with van der Waals surface area (Å²) in [5, 5.41) is 2.73. The Hall–Kier alpha value is -2.25. The first-order chi connectivity index (χ1) is 12.9. The van der Waals surface area contributed by atoms with Crippen LogP contribution in [0.4, 0.5) is 4.39 Å². The summed E-state index contributed by atoms with van der Waals surface area (Å²) in [6.07, 6.45) is 1.23. The molecule has 0 bridgehead atoms. The van der Waals surface area contributed by atoms with E-state index in [0.717, 1.165) is 5.56 Å². The first kappa shape index (κ1) is 19.5. The molecular formula is C20H23FN2O3S. The second-order valence-electron chi connectivity index (χ2n) is 6.82. The number of piperidine rings is 1. The summed E-state index contributed by atoms with van der Waals surface area (Å²) < 4.78 is 40.7. The molecule has 1 N–H and O–H groups in total. The van der Waals surface area contributed by atoms with Crippen LogP contribution in [0, 0.1) is 18.7 Å². The molecule has 7 heteroatoms. The summed E-state index contributed by atoms with van der Waals surface area (Å²) in [5.41, 5.74) is 1.39. The lowest BCUT2D eigenvalue weighted by Gasteiger charge is -2.31. The molecule has 0 aromatic heterocycles. The normalized spacial score (nSPS) is 18.2. The molecule has 27 heavy (non-hydrogen) atoms. The number of benzene rings is 2. The van der Waals surface area contributed by atoms with Crippen molar-refractivity contribution in [3.8, 4) is 0 Å². The van der Waals surface area contributed by atoms with Crippen molar-refractivity contribution < 1.29 is 17.6 Å². The lowest BCUT2D eigenvalue weighted by atomic mass is 9.98. The second-order valence-corrected chi connectivity index (χ2v) is 8.76. The van der Waals surface area contributed by atoms with Gasteiger partial charge in [-0.1, -0.05) is 35.9 Å². The van der Waals surface area contributed by atoms with Gasteiger partial charge in [0, 0.05) is 25.2 Å². The third kappa shape index (κ3) is 4.54. The SMILES string of the molecule is Cc1ccc(S(=O)(=O)N2CCC[C@@H](C(=O)NCc3ccccc3F)C2)cc1. The van der Waals surface area contributed by atoms with Crippen molar-refractivity contribution in [2.24, 2.45) is 5.92 Å². The number of sulfonamides is 1. The van der Waals surface area contributed by atoms with E-state index in [-0.39, 0.29) is 29.7 Å². The van der Waals surface area contributed by atoms with Crippen molar-refractivity contribution in [1.29, 1.82) is 0 Å². The number of aryl methyl sites for hydroxylation is 1. The summed E-state index contributed by atoms with van der Waals surface area (Å²) in [7, 11) is -3.63. The first-order valence-electron chi connectivity index (χ1n) is 8.96. The van der Waals surface area contributed by atoms with Crippen LogP contribution in [0.15, 0.2) is 53.4 Å². The molecule has 1 atom stereocenters. The lowest BCUT2D eigenvalue weighted by molar-refractivity contribution is -0.126. The van der Waals surface area contributed by atoms with Crippen LogP contribution in [0.25, 0.3) is 0 Å². The number of hydrogen-bond donors (Lipinski definition) is 1. The Kier molecular flexibility index (Phi) is 5.92. The van der Waals surface area contributed by atoms with E-state index < -0.39 is 15.9 Å². The molecule has 1 aliphatic rings. The first-order valence-corrected chi connectivity index (χ1v) is 10.4. The summed E-state index contributed by atoms with van der Waals surface area (Å²) in [6.45, 7) is 2.52. The number of amides is 1. The van der Waals surface area contributed by atoms with Crippen LogP contribution >= 0.6 is 0 Å². The van der Waals surface area contributed by atoms with Crippen molar-refractivity contribution in [3.63, 3.8) is 0 Å². The van der Waals surface area contributed by atoms with Crippen LogP contribution in [0.3, 0.4) is 0 Å². The molecule has 0 radical (unpaired) electrons. The van der Waals surface area contributed by atoms with Crippen molar-refractivity contribution in [2.45, 2.75) is 31.2 Å². The van der Waals surface area contributed by atoms with Gasteiger partial charge in [0.05, 0.1) is 10.8 Å². The molecule has 0 aliphatic carbocycles. The zero-order valence-electron chi connectivity index (χ0n) is 15.2. The van der Waals surface area contributed by atoms with Gasteiger partial charge in [-0.25, -0.2) is 12.8 Å². The highest BCUT2D eigenvalue weighted by atomic mass is 32.2. The van der Waals surface area contributed by atoms with E-state index >= 15 is 0 Å². The fourth-order valence-electron chi connectivity index (χ4n) is 3.20. The lowest BCUT2D eigenvalue weighted by Crippen LogP contribution is -2.45. The van der Waals surface area contributed by atoms with E-state index in [4.69, 9.17) is 0 Å². The summed E-state index contributed by atoms with van der Waals surface area (Å²) in [4.78, 5) is 12.7. The predicted molar refractivity (Wildman–Crippen MR) is 101 cm³/mol. The van der Waals surface area contributed by atoms with Crippen molar-refractivity contribution in [2.75, 3.05) is 13.1 Å². The highest BCUT2D eigenvalue weighted by Gasteiger charge is 2.33. The summed E-state index contributed by atoms with van der Waals surface area (Å²) in [6, 6.07) is 13.0. The fourth-order valence-corrected chi connectivity index (χ4v) is 4.73. The number of hydrogen-bond acceptors (Lipinski definition) is 3. The third-order valence-corrected chi connectivity index (χ3v) is 6.70. The van der Waals surface area contributed by atoms with Gasteiger partial charge in [-0.05, 0) is 38.0 Å². The van der Waals surface area contributed by atoms with E-state index in [1.807, 2.05) is 6.92 Å². The van der Waals surface area contributed by atoms with Gasteiger partial charge in [-0.3, -0.25) is 4.79 Å². The van der Waals surface area contributed by atoms with Gasteiger partial charge < -0.3 is 5.32 Å². The Labute approximate surface area is 159 Å². The molecule has 1 heterocycles. The molecule has 2 aromatic rings. The minimum absolute atomic E-state index is 0.0900. The van der Waals surface area contributed by atoms with E-state index in [1.165, 1.54) is 10.4 Å². The Balaban J connectivity index is 1.65. The van der Waals surface area contributed by atoms with Gasteiger partial charge in [0.25, 0.3) is 0 Å². The van der Waals surface area contributed by atoms with Gasteiger partial charge in [0.2, 0.25) is 15.9 Å². The monoisotopic (exact) mass is 390 g/mol. The van der Waals surface area contributed by atoms with Crippen LogP contribution in [0.5, 0.6) is 0 Å². The number of halogens is 1. The van der Waals surface area contributed by atoms with Crippen molar-refractivity contribution in [1.82, 2.24) is 9.62 Å². The van der Waals surface area contributed by atoms with Crippen LogP contribution < -0.4 is 5.32 Å². The highest BCUT2D eigenvalue weighted by Crippen LogP contribution is 2.24. The zero-order valence-corrected chi connectivity index (χ0v) is 16.0. The molecule has 144 valence electrons. The number of nitrogens with zero attached hydrogens (tertiary/aromatic N) is 1. The van der Waals surface area contributed by atoms with Crippen LogP contribution in [0.1, 0.15) is 24.0 Å². The van der Waals surface area contributed by atoms with Crippen molar-refractivity contribution in [3.05, 3.63) is 65.5 Å². The number of rotatable bonds is 5. The van der Waals surface area contributed by atoms with E-state index in [9.17, 15) is 17.6 Å². The molecule has 1 saturated heterocycles. The molecule has 2 aromatic carbocycles. The van der Waals surface area contributed by atoms with Crippen LogP contribution in [-0.4, -0.2) is 31.7 Å². The average Bonchev–Trinajstić information content (AvgIpc) is 2.67.